The highest BCUT2D eigenvalue weighted by molar-refractivity contribution is 5.77. The molecule has 1 fully saturated rings. The van der Waals surface area contributed by atoms with Crippen LogP contribution in [0.1, 0.15) is 46.5 Å². The van der Waals surface area contributed by atoms with Crippen molar-refractivity contribution >= 4 is 5.97 Å². The molecule has 1 unspecified atom stereocenters. The molecule has 0 aromatic carbocycles. The molecular weight excluding hydrogens is 202 g/mol. The summed E-state index contributed by atoms with van der Waals surface area (Å²) in [4.78, 5) is 12.1. The molecule has 1 aliphatic rings. The van der Waals surface area contributed by atoms with Gasteiger partial charge in [-0.15, -0.1) is 0 Å². The molecule has 0 aromatic rings. The molecule has 1 atom stereocenters. The number of hydrogen-bond donors (Lipinski definition) is 1. The molecule has 94 valence electrons. The maximum absolute atomic E-state index is 12.1. The van der Waals surface area contributed by atoms with Crippen LogP contribution in [0.5, 0.6) is 0 Å². The molecule has 1 rings (SSSR count). The highest BCUT2D eigenvalue weighted by atomic mass is 16.5. The molecule has 0 radical (unpaired) electrons. The fourth-order valence-electron chi connectivity index (χ4n) is 2.25. The van der Waals surface area contributed by atoms with Gasteiger partial charge in [-0.3, -0.25) is 4.79 Å². The van der Waals surface area contributed by atoms with Gasteiger partial charge in [0.2, 0.25) is 0 Å². The third kappa shape index (κ3) is 3.48. The lowest BCUT2D eigenvalue weighted by Crippen LogP contribution is -2.35. The van der Waals surface area contributed by atoms with E-state index in [4.69, 9.17) is 4.74 Å². The van der Waals surface area contributed by atoms with Crippen molar-refractivity contribution in [3.8, 4) is 0 Å². The molecule has 0 aliphatic carbocycles. The summed E-state index contributed by atoms with van der Waals surface area (Å²) >= 11 is 0. The molecule has 0 spiro atoms. The summed E-state index contributed by atoms with van der Waals surface area (Å²) in [5.41, 5.74) is -0.230. The van der Waals surface area contributed by atoms with E-state index in [9.17, 15) is 4.79 Å². The van der Waals surface area contributed by atoms with E-state index in [0.717, 1.165) is 38.8 Å². The normalized spacial score (nSPS) is 25.0. The van der Waals surface area contributed by atoms with Gasteiger partial charge in [-0.2, -0.15) is 0 Å². The lowest BCUT2D eigenvalue weighted by molar-refractivity contribution is -0.155. The minimum atomic E-state index is -0.230. The van der Waals surface area contributed by atoms with Crippen LogP contribution in [-0.4, -0.2) is 25.7 Å². The van der Waals surface area contributed by atoms with Gasteiger partial charge in [0, 0.05) is 6.54 Å². The summed E-state index contributed by atoms with van der Waals surface area (Å²) in [6.45, 7) is 8.73. The highest BCUT2D eigenvalue weighted by Crippen LogP contribution is 2.32. The van der Waals surface area contributed by atoms with Crippen LogP contribution >= 0.6 is 0 Å². The molecule has 16 heavy (non-hydrogen) atoms. The van der Waals surface area contributed by atoms with Crippen molar-refractivity contribution in [1.82, 2.24) is 5.32 Å². The molecule has 1 heterocycles. The van der Waals surface area contributed by atoms with E-state index in [0.29, 0.717) is 12.5 Å². The van der Waals surface area contributed by atoms with Crippen molar-refractivity contribution in [3.05, 3.63) is 0 Å². The second kappa shape index (κ2) is 6.24. The molecular formula is C13H25NO2. The average Bonchev–Trinajstić information content (AvgIpc) is 2.67. The summed E-state index contributed by atoms with van der Waals surface area (Å²) in [6.07, 6.45) is 3.88. The maximum Gasteiger partial charge on any atom is 0.313 e. The third-order valence-electron chi connectivity index (χ3n) is 3.33. The molecule has 0 saturated carbocycles. The van der Waals surface area contributed by atoms with E-state index in [1.54, 1.807) is 0 Å². The third-order valence-corrected chi connectivity index (χ3v) is 3.33. The standard InChI is InChI=1S/C13H25NO2/c1-4-6-13(7-8-14-10-13)12(15)16-9-5-11(2)3/h11,14H,4-10H2,1-3H3. The molecule has 0 bridgehead atoms. The Morgan fingerprint density at radius 3 is 2.75 bits per heavy atom. The zero-order valence-corrected chi connectivity index (χ0v) is 10.8. The quantitative estimate of drug-likeness (QED) is 0.708. The first kappa shape index (κ1) is 13.5. The van der Waals surface area contributed by atoms with Gasteiger partial charge in [-0.05, 0) is 31.7 Å². The molecule has 0 amide bonds. The lowest BCUT2D eigenvalue weighted by atomic mass is 9.82. The van der Waals surface area contributed by atoms with Gasteiger partial charge in [0.1, 0.15) is 0 Å². The zero-order valence-electron chi connectivity index (χ0n) is 10.8. The molecule has 3 nitrogen and oxygen atoms in total. The van der Waals surface area contributed by atoms with Crippen LogP contribution in [0.2, 0.25) is 0 Å². The predicted molar refractivity (Wildman–Crippen MR) is 65.2 cm³/mol. The zero-order chi connectivity index (χ0) is 12.0. The Morgan fingerprint density at radius 2 is 2.25 bits per heavy atom. The van der Waals surface area contributed by atoms with E-state index < -0.39 is 0 Å². The SMILES string of the molecule is CCCC1(C(=O)OCCC(C)C)CCNC1. The highest BCUT2D eigenvalue weighted by Gasteiger charge is 2.41. The van der Waals surface area contributed by atoms with E-state index in [-0.39, 0.29) is 11.4 Å². The van der Waals surface area contributed by atoms with Crippen molar-refractivity contribution in [2.75, 3.05) is 19.7 Å². The Labute approximate surface area is 98.9 Å². The Kier molecular flexibility index (Phi) is 5.26. The maximum atomic E-state index is 12.1. The number of carbonyl (C=O) groups excluding carboxylic acids is 1. The first-order valence-corrected chi connectivity index (χ1v) is 6.48. The van der Waals surface area contributed by atoms with Gasteiger partial charge in [-0.1, -0.05) is 27.2 Å². The first-order valence-electron chi connectivity index (χ1n) is 6.48. The molecule has 1 aliphatic heterocycles. The summed E-state index contributed by atoms with van der Waals surface area (Å²) in [7, 11) is 0. The Morgan fingerprint density at radius 1 is 1.50 bits per heavy atom. The van der Waals surface area contributed by atoms with Gasteiger partial charge in [0.05, 0.1) is 12.0 Å². The summed E-state index contributed by atoms with van der Waals surface area (Å²) < 4.78 is 5.41. The van der Waals surface area contributed by atoms with Crippen LogP contribution in [0.3, 0.4) is 0 Å². The van der Waals surface area contributed by atoms with Crippen molar-refractivity contribution < 1.29 is 9.53 Å². The van der Waals surface area contributed by atoms with E-state index in [1.165, 1.54) is 0 Å². The summed E-state index contributed by atoms with van der Waals surface area (Å²) in [6, 6.07) is 0. The van der Waals surface area contributed by atoms with Crippen LogP contribution in [0, 0.1) is 11.3 Å². The largest absolute Gasteiger partial charge is 0.465 e. The van der Waals surface area contributed by atoms with Crippen molar-refractivity contribution in [3.63, 3.8) is 0 Å². The molecule has 1 N–H and O–H groups in total. The number of nitrogens with one attached hydrogen (secondary N) is 1. The minimum Gasteiger partial charge on any atom is -0.465 e. The Bertz CT molecular complexity index is 220. The minimum absolute atomic E-state index is 0.0139. The predicted octanol–water partition coefficient (Wildman–Crippen LogP) is 2.36. The number of hydrogen-bond acceptors (Lipinski definition) is 3. The Hall–Kier alpha value is -0.570. The number of ether oxygens (including phenoxy) is 1. The summed E-state index contributed by atoms with van der Waals surface area (Å²) in [5.74, 6) is 0.608. The van der Waals surface area contributed by atoms with Crippen molar-refractivity contribution in [2.45, 2.75) is 46.5 Å². The van der Waals surface area contributed by atoms with Crippen LogP contribution in [0.15, 0.2) is 0 Å². The van der Waals surface area contributed by atoms with Gasteiger partial charge in [-0.25, -0.2) is 0 Å². The number of carbonyl (C=O) groups is 1. The number of rotatable bonds is 6. The van der Waals surface area contributed by atoms with Gasteiger partial charge in [0.25, 0.3) is 0 Å². The van der Waals surface area contributed by atoms with Crippen LogP contribution in [0.4, 0.5) is 0 Å². The van der Waals surface area contributed by atoms with Gasteiger partial charge >= 0.3 is 5.97 Å². The van der Waals surface area contributed by atoms with Crippen LogP contribution in [-0.2, 0) is 9.53 Å². The van der Waals surface area contributed by atoms with E-state index >= 15 is 0 Å². The van der Waals surface area contributed by atoms with Gasteiger partial charge < -0.3 is 10.1 Å². The van der Waals surface area contributed by atoms with Crippen LogP contribution in [0.25, 0.3) is 0 Å². The molecule has 0 aromatic heterocycles. The smallest absolute Gasteiger partial charge is 0.313 e. The average molecular weight is 227 g/mol. The Balaban J connectivity index is 2.42. The fourth-order valence-corrected chi connectivity index (χ4v) is 2.25. The van der Waals surface area contributed by atoms with Gasteiger partial charge in [0.15, 0.2) is 0 Å². The van der Waals surface area contributed by atoms with Crippen molar-refractivity contribution in [1.29, 1.82) is 0 Å². The summed E-state index contributed by atoms with van der Waals surface area (Å²) in [5, 5.41) is 3.28. The monoisotopic (exact) mass is 227 g/mol. The van der Waals surface area contributed by atoms with E-state index in [2.05, 4.69) is 26.1 Å². The van der Waals surface area contributed by atoms with Crippen LogP contribution < -0.4 is 5.32 Å². The second-order valence-corrected chi connectivity index (χ2v) is 5.28. The van der Waals surface area contributed by atoms with E-state index in [1.807, 2.05) is 0 Å². The molecule has 1 saturated heterocycles. The molecule has 3 heteroatoms. The fraction of sp³-hybridized carbons (Fsp3) is 0.923. The lowest BCUT2D eigenvalue weighted by Gasteiger charge is -2.25. The second-order valence-electron chi connectivity index (χ2n) is 5.28. The van der Waals surface area contributed by atoms with Crippen molar-refractivity contribution in [2.24, 2.45) is 11.3 Å². The number of esters is 1. The topological polar surface area (TPSA) is 38.3 Å². The first-order chi connectivity index (χ1) is 7.60.